The molecule has 2 aromatic rings. The second-order valence-corrected chi connectivity index (χ2v) is 6.07. The minimum atomic E-state index is -0.307. The predicted octanol–water partition coefficient (Wildman–Crippen LogP) is 1.98. The van der Waals surface area contributed by atoms with Crippen molar-refractivity contribution < 1.29 is 13.7 Å². The first kappa shape index (κ1) is 16.6. The number of hydrogen-bond acceptors (Lipinski definition) is 5. The van der Waals surface area contributed by atoms with Crippen LogP contribution in [0.3, 0.4) is 0 Å². The molecule has 0 saturated carbocycles. The maximum atomic E-state index is 13.6. The number of carbonyl (C=O) groups is 1. The molecule has 24 heavy (non-hydrogen) atoms. The van der Waals surface area contributed by atoms with Gasteiger partial charge in [-0.1, -0.05) is 17.3 Å². The zero-order chi connectivity index (χ0) is 16.9. The fourth-order valence-electron chi connectivity index (χ4n) is 2.68. The van der Waals surface area contributed by atoms with E-state index in [0.29, 0.717) is 41.8 Å². The van der Waals surface area contributed by atoms with E-state index in [1.165, 1.54) is 6.07 Å². The summed E-state index contributed by atoms with van der Waals surface area (Å²) in [6.07, 6.45) is 2.91. The number of aryl methyl sites for hydroxylation is 2. The molecular weight excluding hydrogens is 311 g/mol. The summed E-state index contributed by atoms with van der Waals surface area (Å²) in [5.74, 6) is 0.364. The molecule has 0 spiro atoms. The second kappa shape index (κ2) is 7.53. The van der Waals surface area contributed by atoms with Gasteiger partial charge in [0.1, 0.15) is 5.82 Å². The number of carbonyl (C=O) groups excluding carboxylic acids is 1. The van der Waals surface area contributed by atoms with Crippen molar-refractivity contribution in [1.82, 2.24) is 20.8 Å². The van der Waals surface area contributed by atoms with Gasteiger partial charge in [0.25, 0.3) is 0 Å². The smallest absolute Gasteiger partial charge is 0.227 e. The van der Waals surface area contributed by atoms with Crippen LogP contribution in [0.2, 0.25) is 0 Å². The Morgan fingerprint density at radius 3 is 3.12 bits per heavy atom. The van der Waals surface area contributed by atoms with Crippen LogP contribution in [0.15, 0.2) is 22.7 Å². The van der Waals surface area contributed by atoms with Crippen molar-refractivity contribution in [2.24, 2.45) is 0 Å². The lowest BCUT2D eigenvalue weighted by Crippen LogP contribution is -2.37. The zero-order valence-corrected chi connectivity index (χ0v) is 13.6. The van der Waals surface area contributed by atoms with Gasteiger partial charge in [0, 0.05) is 31.0 Å². The Morgan fingerprint density at radius 2 is 2.38 bits per heavy atom. The Kier molecular flexibility index (Phi) is 5.20. The number of nitrogens with zero attached hydrogens (tertiary/aromatic N) is 2. The van der Waals surface area contributed by atoms with E-state index < -0.39 is 0 Å². The summed E-state index contributed by atoms with van der Waals surface area (Å²) >= 11 is 0. The summed E-state index contributed by atoms with van der Waals surface area (Å²) in [6.45, 7) is 3.36. The Labute approximate surface area is 139 Å². The van der Waals surface area contributed by atoms with Gasteiger partial charge in [0.2, 0.25) is 17.6 Å². The molecule has 0 radical (unpaired) electrons. The maximum Gasteiger partial charge on any atom is 0.227 e. The first-order valence-corrected chi connectivity index (χ1v) is 8.21. The third-order valence-electron chi connectivity index (χ3n) is 4.17. The topological polar surface area (TPSA) is 80.0 Å². The largest absolute Gasteiger partial charge is 0.355 e. The van der Waals surface area contributed by atoms with Gasteiger partial charge in [-0.2, -0.15) is 4.98 Å². The molecule has 1 fully saturated rings. The summed E-state index contributed by atoms with van der Waals surface area (Å²) < 4.78 is 18.7. The number of amides is 1. The van der Waals surface area contributed by atoms with Gasteiger partial charge in [0.05, 0.1) is 0 Å². The van der Waals surface area contributed by atoms with Gasteiger partial charge in [-0.05, 0) is 37.9 Å². The van der Waals surface area contributed by atoms with Crippen molar-refractivity contribution in [2.75, 3.05) is 13.1 Å². The molecule has 2 heterocycles. The molecular formula is C17H21FN4O2. The van der Waals surface area contributed by atoms with E-state index >= 15 is 0 Å². The van der Waals surface area contributed by atoms with E-state index in [1.54, 1.807) is 19.1 Å². The molecule has 1 aliphatic heterocycles. The Morgan fingerprint density at radius 1 is 1.50 bits per heavy atom. The van der Waals surface area contributed by atoms with Crippen LogP contribution >= 0.6 is 0 Å². The lowest BCUT2D eigenvalue weighted by atomic mass is 10.1. The molecule has 1 aromatic heterocycles. The minimum absolute atomic E-state index is 0.0372. The molecule has 1 saturated heterocycles. The van der Waals surface area contributed by atoms with E-state index in [9.17, 15) is 9.18 Å². The van der Waals surface area contributed by atoms with Crippen molar-refractivity contribution >= 4 is 5.91 Å². The lowest BCUT2D eigenvalue weighted by Gasteiger charge is -2.10. The van der Waals surface area contributed by atoms with E-state index in [0.717, 1.165) is 19.4 Å². The number of halogens is 1. The third kappa shape index (κ3) is 4.17. The second-order valence-electron chi connectivity index (χ2n) is 6.07. The predicted molar refractivity (Wildman–Crippen MR) is 86.8 cm³/mol. The number of aromatic nitrogens is 2. The number of benzene rings is 1. The number of rotatable bonds is 6. The van der Waals surface area contributed by atoms with Gasteiger partial charge in [0.15, 0.2) is 0 Å². The highest BCUT2D eigenvalue weighted by Gasteiger charge is 2.15. The number of nitrogens with one attached hydrogen (secondary N) is 2. The van der Waals surface area contributed by atoms with Crippen molar-refractivity contribution in [1.29, 1.82) is 0 Å². The van der Waals surface area contributed by atoms with Gasteiger partial charge in [-0.25, -0.2) is 4.39 Å². The molecule has 6 nitrogen and oxygen atoms in total. The first-order valence-electron chi connectivity index (χ1n) is 8.21. The van der Waals surface area contributed by atoms with Gasteiger partial charge < -0.3 is 15.2 Å². The standard InChI is InChI=1S/C17H21FN4O2/c1-11-4-5-12(9-14(11)18)17-21-16(24-22-17)7-6-15(23)20-10-13-3-2-8-19-13/h4-5,9,13,19H,2-3,6-8,10H2,1H3,(H,20,23). The first-order chi connectivity index (χ1) is 11.6. The van der Waals surface area contributed by atoms with Crippen LogP contribution in [0.5, 0.6) is 0 Å². The van der Waals surface area contributed by atoms with Crippen LogP contribution in [-0.2, 0) is 11.2 Å². The molecule has 7 heteroatoms. The molecule has 0 bridgehead atoms. The quantitative estimate of drug-likeness (QED) is 0.845. The molecule has 0 aliphatic carbocycles. The third-order valence-corrected chi connectivity index (χ3v) is 4.17. The number of hydrogen-bond donors (Lipinski definition) is 2. The van der Waals surface area contributed by atoms with Crippen LogP contribution in [0.4, 0.5) is 4.39 Å². The fourth-order valence-corrected chi connectivity index (χ4v) is 2.68. The molecule has 1 aliphatic rings. The van der Waals surface area contributed by atoms with Crippen molar-refractivity contribution in [2.45, 2.75) is 38.6 Å². The summed E-state index contributed by atoms with van der Waals surface area (Å²) in [7, 11) is 0. The highest BCUT2D eigenvalue weighted by molar-refractivity contribution is 5.76. The van der Waals surface area contributed by atoms with E-state index in [-0.39, 0.29) is 18.1 Å². The monoisotopic (exact) mass is 332 g/mol. The van der Waals surface area contributed by atoms with Gasteiger partial charge >= 0.3 is 0 Å². The van der Waals surface area contributed by atoms with Gasteiger partial charge in [-0.3, -0.25) is 4.79 Å². The fraction of sp³-hybridized carbons (Fsp3) is 0.471. The zero-order valence-electron chi connectivity index (χ0n) is 13.6. The van der Waals surface area contributed by atoms with Crippen LogP contribution in [0.1, 0.15) is 30.7 Å². The van der Waals surface area contributed by atoms with E-state index in [2.05, 4.69) is 20.8 Å². The summed E-state index contributed by atoms with van der Waals surface area (Å²) in [5, 5.41) is 10.1. The Balaban J connectivity index is 1.50. The highest BCUT2D eigenvalue weighted by Crippen LogP contribution is 2.19. The summed E-state index contributed by atoms with van der Waals surface area (Å²) in [4.78, 5) is 16.1. The summed E-state index contributed by atoms with van der Waals surface area (Å²) in [5.41, 5.74) is 1.13. The maximum absolute atomic E-state index is 13.6. The van der Waals surface area contributed by atoms with E-state index in [1.807, 2.05) is 0 Å². The van der Waals surface area contributed by atoms with Crippen molar-refractivity contribution in [3.8, 4) is 11.4 Å². The molecule has 1 atom stereocenters. The normalized spacial score (nSPS) is 17.2. The lowest BCUT2D eigenvalue weighted by molar-refractivity contribution is -0.121. The Bertz CT molecular complexity index is 710. The molecule has 128 valence electrons. The molecule has 1 aromatic carbocycles. The van der Waals surface area contributed by atoms with Crippen LogP contribution in [0, 0.1) is 12.7 Å². The molecule has 1 unspecified atom stereocenters. The van der Waals surface area contributed by atoms with Crippen LogP contribution < -0.4 is 10.6 Å². The average molecular weight is 332 g/mol. The molecule has 2 N–H and O–H groups in total. The van der Waals surface area contributed by atoms with E-state index in [4.69, 9.17) is 4.52 Å². The van der Waals surface area contributed by atoms with Crippen LogP contribution in [-0.4, -0.2) is 35.2 Å². The van der Waals surface area contributed by atoms with Gasteiger partial charge in [-0.15, -0.1) is 0 Å². The molecule has 1 amide bonds. The Hall–Kier alpha value is -2.28. The SMILES string of the molecule is Cc1ccc(-c2noc(CCC(=O)NCC3CCCN3)n2)cc1F. The minimum Gasteiger partial charge on any atom is -0.355 e. The summed E-state index contributed by atoms with van der Waals surface area (Å²) in [6, 6.07) is 5.17. The van der Waals surface area contributed by atoms with Crippen molar-refractivity contribution in [3.05, 3.63) is 35.5 Å². The molecule has 3 rings (SSSR count). The average Bonchev–Trinajstić information content (AvgIpc) is 3.25. The highest BCUT2D eigenvalue weighted by atomic mass is 19.1. The van der Waals surface area contributed by atoms with Crippen molar-refractivity contribution in [3.63, 3.8) is 0 Å². The van der Waals surface area contributed by atoms with Crippen LogP contribution in [0.25, 0.3) is 11.4 Å².